The number of aromatic amines is 1. The number of likely N-dealkylation sites (tertiary alicyclic amines) is 1. The fourth-order valence-electron chi connectivity index (χ4n) is 2.96. The van der Waals surface area contributed by atoms with E-state index >= 15 is 0 Å². The number of hydrogen-bond acceptors (Lipinski definition) is 3. The highest BCUT2D eigenvalue weighted by atomic mass is 16.1. The lowest BCUT2D eigenvalue weighted by Crippen LogP contribution is -2.36. The van der Waals surface area contributed by atoms with Crippen molar-refractivity contribution >= 4 is 10.9 Å². The predicted molar refractivity (Wildman–Crippen MR) is 81.6 cm³/mol. The summed E-state index contributed by atoms with van der Waals surface area (Å²) in [5, 5.41) is 0.762. The van der Waals surface area contributed by atoms with Crippen LogP contribution in [0.2, 0.25) is 0 Å². The number of nitrogens with two attached hydrogens (primary N) is 1. The summed E-state index contributed by atoms with van der Waals surface area (Å²) in [6.07, 6.45) is 2.32. The zero-order valence-electron chi connectivity index (χ0n) is 11.6. The molecule has 1 aromatic heterocycles. The quantitative estimate of drug-likeness (QED) is 0.893. The second-order valence-electron chi connectivity index (χ2n) is 5.66. The summed E-state index contributed by atoms with van der Waals surface area (Å²) in [4.78, 5) is 17.9. The van der Waals surface area contributed by atoms with Gasteiger partial charge in [-0.1, -0.05) is 12.1 Å². The summed E-state index contributed by atoms with van der Waals surface area (Å²) >= 11 is 0. The Morgan fingerprint density at radius 1 is 1.25 bits per heavy atom. The number of fused-ring (bicyclic) bond motifs is 1. The maximum atomic E-state index is 12.1. The molecule has 4 heteroatoms. The maximum absolute atomic E-state index is 12.1. The number of H-pyrrole nitrogens is 1. The van der Waals surface area contributed by atoms with Crippen molar-refractivity contribution in [3.05, 3.63) is 46.2 Å². The van der Waals surface area contributed by atoms with Crippen molar-refractivity contribution in [2.24, 2.45) is 11.7 Å². The number of nitrogens with zero attached hydrogens (tertiary/aromatic N) is 1. The van der Waals surface area contributed by atoms with Crippen molar-refractivity contribution in [3.8, 4) is 0 Å². The standard InChI is InChI=1S/C16H21N3O/c17-10-12-5-7-19(8-6-12)11-13-9-16(20)14-3-1-2-4-15(14)18-13/h1-4,9,12H,5-8,10-11,17H2,(H,18,20). The Morgan fingerprint density at radius 3 is 2.75 bits per heavy atom. The van der Waals surface area contributed by atoms with Gasteiger partial charge in [0.05, 0.1) is 0 Å². The number of benzene rings is 1. The van der Waals surface area contributed by atoms with Crippen LogP contribution in [0, 0.1) is 5.92 Å². The van der Waals surface area contributed by atoms with E-state index in [0.29, 0.717) is 5.92 Å². The molecule has 0 amide bonds. The zero-order chi connectivity index (χ0) is 13.9. The third kappa shape index (κ3) is 2.76. The first-order valence-corrected chi connectivity index (χ1v) is 7.29. The fourth-order valence-corrected chi connectivity index (χ4v) is 2.96. The van der Waals surface area contributed by atoms with Crippen molar-refractivity contribution in [2.45, 2.75) is 19.4 Å². The number of para-hydroxylation sites is 1. The molecule has 1 aliphatic heterocycles. The Balaban J connectivity index is 1.77. The molecule has 1 saturated heterocycles. The number of nitrogens with one attached hydrogen (secondary N) is 1. The highest BCUT2D eigenvalue weighted by Crippen LogP contribution is 2.17. The largest absolute Gasteiger partial charge is 0.357 e. The third-order valence-electron chi connectivity index (χ3n) is 4.23. The van der Waals surface area contributed by atoms with Crippen molar-refractivity contribution in [1.29, 1.82) is 0 Å². The van der Waals surface area contributed by atoms with Crippen LogP contribution in [0.3, 0.4) is 0 Å². The SMILES string of the molecule is NCC1CCN(Cc2cc(=O)c3ccccc3[nH]2)CC1. The molecule has 1 aliphatic rings. The molecule has 1 fully saturated rings. The van der Waals surface area contributed by atoms with E-state index in [4.69, 9.17) is 5.73 Å². The number of aromatic nitrogens is 1. The molecule has 20 heavy (non-hydrogen) atoms. The van der Waals surface area contributed by atoms with E-state index < -0.39 is 0 Å². The highest BCUT2D eigenvalue weighted by molar-refractivity contribution is 5.78. The van der Waals surface area contributed by atoms with Crippen molar-refractivity contribution < 1.29 is 0 Å². The topological polar surface area (TPSA) is 62.1 Å². The molecule has 106 valence electrons. The average Bonchev–Trinajstić information content (AvgIpc) is 2.48. The molecule has 0 unspecified atom stereocenters. The third-order valence-corrected chi connectivity index (χ3v) is 4.23. The van der Waals surface area contributed by atoms with E-state index in [2.05, 4.69) is 9.88 Å². The predicted octanol–water partition coefficient (Wildman–Crippen LogP) is 1.70. The minimum absolute atomic E-state index is 0.103. The van der Waals surface area contributed by atoms with Gasteiger partial charge in [-0.05, 0) is 50.5 Å². The van der Waals surface area contributed by atoms with Gasteiger partial charge in [0, 0.05) is 29.2 Å². The summed E-state index contributed by atoms with van der Waals surface area (Å²) in [6, 6.07) is 9.41. The minimum atomic E-state index is 0.103. The van der Waals surface area contributed by atoms with Crippen LogP contribution in [0.25, 0.3) is 10.9 Å². The Kier molecular flexibility index (Phi) is 3.85. The van der Waals surface area contributed by atoms with E-state index in [-0.39, 0.29) is 5.43 Å². The smallest absolute Gasteiger partial charge is 0.189 e. The Morgan fingerprint density at radius 2 is 2.00 bits per heavy atom. The zero-order valence-corrected chi connectivity index (χ0v) is 11.6. The van der Waals surface area contributed by atoms with Gasteiger partial charge in [0.25, 0.3) is 0 Å². The van der Waals surface area contributed by atoms with E-state index in [1.165, 1.54) is 0 Å². The van der Waals surface area contributed by atoms with E-state index in [1.807, 2.05) is 24.3 Å². The lowest BCUT2D eigenvalue weighted by molar-refractivity contribution is 0.179. The van der Waals surface area contributed by atoms with Gasteiger partial charge < -0.3 is 10.7 Å². The van der Waals surface area contributed by atoms with Crippen LogP contribution in [0.5, 0.6) is 0 Å². The molecule has 0 aliphatic carbocycles. The summed E-state index contributed by atoms with van der Waals surface area (Å²) < 4.78 is 0. The summed E-state index contributed by atoms with van der Waals surface area (Å²) in [6.45, 7) is 3.74. The number of pyridine rings is 1. The molecule has 0 atom stereocenters. The Hall–Kier alpha value is -1.65. The number of hydrogen-bond donors (Lipinski definition) is 2. The molecule has 0 saturated carbocycles. The monoisotopic (exact) mass is 271 g/mol. The Labute approximate surface area is 118 Å². The van der Waals surface area contributed by atoms with Gasteiger partial charge in [0.2, 0.25) is 0 Å². The highest BCUT2D eigenvalue weighted by Gasteiger charge is 2.18. The number of piperidine rings is 1. The molecular weight excluding hydrogens is 250 g/mol. The van der Waals surface area contributed by atoms with Crippen LogP contribution < -0.4 is 11.2 Å². The fraction of sp³-hybridized carbons (Fsp3) is 0.438. The van der Waals surface area contributed by atoms with Crippen LogP contribution in [-0.4, -0.2) is 29.5 Å². The van der Waals surface area contributed by atoms with Crippen LogP contribution in [0.4, 0.5) is 0 Å². The summed E-state index contributed by atoms with van der Waals surface area (Å²) in [5.74, 6) is 0.668. The van der Waals surface area contributed by atoms with Crippen LogP contribution in [0.15, 0.2) is 35.1 Å². The average molecular weight is 271 g/mol. The van der Waals surface area contributed by atoms with Crippen molar-refractivity contribution in [2.75, 3.05) is 19.6 Å². The molecular formula is C16H21N3O. The second kappa shape index (κ2) is 5.77. The first kappa shape index (κ1) is 13.3. The van der Waals surface area contributed by atoms with E-state index in [9.17, 15) is 4.79 Å². The molecule has 2 aromatic rings. The lowest BCUT2D eigenvalue weighted by atomic mass is 9.97. The molecule has 0 radical (unpaired) electrons. The summed E-state index contributed by atoms with van der Waals surface area (Å²) in [5.41, 5.74) is 7.74. The molecule has 3 N–H and O–H groups in total. The van der Waals surface area contributed by atoms with E-state index in [0.717, 1.165) is 55.6 Å². The van der Waals surface area contributed by atoms with Crippen molar-refractivity contribution in [3.63, 3.8) is 0 Å². The number of rotatable bonds is 3. The van der Waals surface area contributed by atoms with Gasteiger partial charge in [-0.3, -0.25) is 9.69 Å². The van der Waals surface area contributed by atoms with Gasteiger partial charge >= 0.3 is 0 Å². The Bertz CT molecular complexity index is 641. The molecule has 2 heterocycles. The van der Waals surface area contributed by atoms with Crippen molar-refractivity contribution in [1.82, 2.24) is 9.88 Å². The molecule has 0 spiro atoms. The van der Waals surface area contributed by atoms with Crippen LogP contribution in [0.1, 0.15) is 18.5 Å². The molecule has 1 aromatic carbocycles. The summed E-state index contributed by atoms with van der Waals surface area (Å²) in [7, 11) is 0. The van der Waals surface area contributed by atoms with Crippen LogP contribution in [-0.2, 0) is 6.54 Å². The van der Waals surface area contributed by atoms with Gasteiger partial charge in [0.1, 0.15) is 0 Å². The minimum Gasteiger partial charge on any atom is -0.357 e. The lowest BCUT2D eigenvalue weighted by Gasteiger charge is -2.31. The van der Waals surface area contributed by atoms with E-state index in [1.54, 1.807) is 6.07 Å². The normalized spacial score (nSPS) is 17.6. The first-order valence-electron chi connectivity index (χ1n) is 7.29. The van der Waals surface area contributed by atoms with Gasteiger partial charge in [0.15, 0.2) is 5.43 Å². The van der Waals surface area contributed by atoms with Gasteiger partial charge in [-0.25, -0.2) is 0 Å². The van der Waals surface area contributed by atoms with Gasteiger partial charge in [-0.15, -0.1) is 0 Å². The maximum Gasteiger partial charge on any atom is 0.189 e. The first-order chi connectivity index (χ1) is 9.76. The molecule has 4 nitrogen and oxygen atoms in total. The van der Waals surface area contributed by atoms with Gasteiger partial charge in [-0.2, -0.15) is 0 Å². The molecule has 3 rings (SSSR count). The second-order valence-corrected chi connectivity index (χ2v) is 5.66. The van der Waals surface area contributed by atoms with Crippen LogP contribution >= 0.6 is 0 Å². The molecule has 0 bridgehead atoms.